The van der Waals surface area contributed by atoms with Gasteiger partial charge in [0.1, 0.15) is 18.0 Å². The number of carbonyl (C=O) groups excluding carboxylic acids is 4. The van der Waals surface area contributed by atoms with Crippen molar-refractivity contribution in [1.29, 1.82) is 0 Å². The Bertz CT molecular complexity index is 1170. The number of esters is 3. The molecule has 0 aromatic rings. The minimum absolute atomic E-state index is 0.0432. The predicted octanol–water partition coefficient (Wildman–Crippen LogP) is 6.69. The SMILES string of the molecule is COC(=O)[C@]12CCC(C)(C)C[C@H]1C1C(=O)C[C@@H]3[C@@]4(C)CC[C@H](OC(C)=O)C(C)(C)[C@@H]4[C@H](OC(C)=O)C[C@@]3(C)[C@]1(C)CC2. The van der Waals surface area contributed by atoms with Gasteiger partial charge in [0.05, 0.1) is 12.5 Å². The molecule has 0 aromatic heterocycles. The number of ketones is 1. The number of methoxy groups -OCH3 is 1. The van der Waals surface area contributed by atoms with E-state index in [-0.39, 0.29) is 75.4 Å². The molecule has 0 aliphatic heterocycles. The van der Waals surface area contributed by atoms with Gasteiger partial charge in [-0.3, -0.25) is 19.2 Å². The zero-order valence-electron chi connectivity index (χ0n) is 27.7. The topological polar surface area (TPSA) is 96.0 Å². The van der Waals surface area contributed by atoms with Crippen LogP contribution in [0.5, 0.6) is 0 Å². The molecular formula is C35H54O7. The van der Waals surface area contributed by atoms with Gasteiger partial charge < -0.3 is 14.2 Å². The van der Waals surface area contributed by atoms with Gasteiger partial charge in [0.25, 0.3) is 0 Å². The first kappa shape index (κ1) is 31.5. The first-order valence-corrected chi connectivity index (χ1v) is 16.2. The van der Waals surface area contributed by atoms with Crippen molar-refractivity contribution in [2.45, 2.75) is 132 Å². The van der Waals surface area contributed by atoms with Crippen LogP contribution in [-0.2, 0) is 33.4 Å². The fraction of sp³-hybridized carbons (Fsp3) is 0.886. The number of carbonyl (C=O) groups is 4. The molecule has 42 heavy (non-hydrogen) atoms. The van der Waals surface area contributed by atoms with Crippen LogP contribution in [0.15, 0.2) is 0 Å². The summed E-state index contributed by atoms with van der Waals surface area (Å²) in [6.45, 7) is 18.7. The van der Waals surface area contributed by atoms with E-state index in [1.165, 1.54) is 21.0 Å². The lowest BCUT2D eigenvalue weighted by atomic mass is 9.31. The lowest BCUT2D eigenvalue weighted by molar-refractivity contribution is -0.274. The molecule has 0 amide bonds. The zero-order chi connectivity index (χ0) is 31.3. The number of hydrogen-bond acceptors (Lipinski definition) is 7. The molecule has 1 unspecified atom stereocenters. The van der Waals surface area contributed by atoms with Gasteiger partial charge in [0.15, 0.2) is 0 Å². The highest BCUT2D eigenvalue weighted by molar-refractivity contribution is 5.87. The molecule has 5 rings (SSSR count). The predicted molar refractivity (Wildman–Crippen MR) is 158 cm³/mol. The normalized spacial score (nSPS) is 47.0. The first-order chi connectivity index (χ1) is 19.3. The van der Waals surface area contributed by atoms with E-state index in [1.807, 2.05) is 0 Å². The average Bonchev–Trinajstić information content (AvgIpc) is 2.86. The Morgan fingerprint density at radius 1 is 0.786 bits per heavy atom. The highest BCUT2D eigenvalue weighted by Gasteiger charge is 2.75. The number of rotatable bonds is 3. The molecule has 236 valence electrons. The maximum Gasteiger partial charge on any atom is 0.312 e. The Balaban J connectivity index is 1.63. The quantitative estimate of drug-likeness (QED) is 0.268. The lowest BCUT2D eigenvalue weighted by Gasteiger charge is -2.73. The van der Waals surface area contributed by atoms with Gasteiger partial charge >= 0.3 is 17.9 Å². The standard InChI is InChI=1S/C35H54O7/c1-20(36)41-24-19-34(9)25(32(7)12-11-26(42-21(2)37)31(5,6)28(24)32)17-23(38)27-22-18-30(3,4)13-15-35(22,29(39)40-10)16-14-33(27,34)8/h22,24-28H,11-19H2,1-10H3/t22-,24+,25+,26-,27?,28-,32+,33+,34+,35-/m0/s1. The molecule has 0 spiro atoms. The molecule has 0 saturated heterocycles. The van der Waals surface area contributed by atoms with Crippen molar-refractivity contribution in [2.24, 2.45) is 56.2 Å². The van der Waals surface area contributed by atoms with Gasteiger partial charge in [-0.25, -0.2) is 0 Å². The van der Waals surface area contributed by atoms with E-state index in [4.69, 9.17) is 14.2 Å². The third kappa shape index (κ3) is 4.24. The zero-order valence-corrected chi connectivity index (χ0v) is 27.7. The van der Waals surface area contributed by atoms with Gasteiger partial charge in [-0.05, 0) is 84.9 Å². The molecule has 5 saturated carbocycles. The van der Waals surface area contributed by atoms with Crippen LogP contribution in [0.3, 0.4) is 0 Å². The van der Waals surface area contributed by atoms with Gasteiger partial charge in [-0.15, -0.1) is 0 Å². The Kier molecular flexibility index (Phi) is 7.34. The fourth-order valence-corrected chi connectivity index (χ4v) is 12.1. The Morgan fingerprint density at radius 3 is 2.00 bits per heavy atom. The van der Waals surface area contributed by atoms with Gasteiger partial charge in [-0.2, -0.15) is 0 Å². The van der Waals surface area contributed by atoms with Crippen molar-refractivity contribution in [3.8, 4) is 0 Å². The minimum Gasteiger partial charge on any atom is -0.469 e. The lowest BCUT2D eigenvalue weighted by Crippen LogP contribution is -2.72. The highest BCUT2D eigenvalue weighted by atomic mass is 16.6. The second-order valence-electron chi connectivity index (χ2n) is 17.0. The van der Waals surface area contributed by atoms with E-state index < -0.39 is 10.8 Å². The highest BCUT2D eigenvalue weighted by Crippen LogP contribution is 2.76. The maximum atomic E-state index is 14.7. The van der Waals surface area contributed by atoms with E-state index in [9.17, 15) is 19.2 Å². The molecule has 7 heteroatoms. The summed E-state index contributed by atoms with van der Waals surface area (Å²) < 4.78 is 17.6. The van der Waals surface area contributed by atoms with E-state index in [0.29, 0.717) is 18.6 Å². The van der Waals surface area contributed by atoms with Gasteiger partial charge in [0.2, 0.25) is 0 Å². The Morgan fingerprint density at radius 2 is 1.40 bits per heavy atom. The third-order valence-corrected chi connectivity index (χ3v) is 14.0. The first-order valence-electron chi connectivity index (χ1n) is 16.2. The van der Waals surface area contributed by atoms with Gasteiger partial charge in [0, 0.05) is 37.5 Å². The van der Waals surface area contributed by atoms with E-state index >= 15 is 0 Å². The third-order valence-electron chi connectivity index (χ3n) is 14.0. The molecule has 0 N–H and O–H groups in total. The van der Waals surface area contributed by atoms with Crippen molar-refractivity contribution >= 4 is 23.7 Å². The van der Waals surface area contributed by atoms with Crippen LogP contribution in [0.1, 0.15) is 120 Å². The van der Waals surface area contributed by atoms with Crippen LogP contribution in [0.2, 0.25) is 0 Å². The van der Waals surface area contributed by atoms with Crippen LogP contribution in [0.4, 0.5) is 0 Å². The van der Waals surface area contributed by atoms with E-state index in [0.717, 1.165) is 44.9 Å². The molecule has 0 bridgehead atoms. The number of fused-ring (bicyclic) bond motifs is 7. The summed E-state index contributed by atoms with van der Waals surface area (Å²) in [6, 6.07) is 0. The number of hydrogen-bond donors (Lipinski definition) is 0. The van der Waals surface area contributed by atoms with Crippen LogP contribution in [0.25, 0.3) is 0 Å². The molecule has 5 aliphatic rings. The van der Waals surface area contributed by atoms with E-state index in [1.54, 1.807) is 0 Å². The monoisotopic (exact) mass is 586 g/mol. The molecule has 0 heterocycles. The largest absolute Gasteiger partial charge is 0.469 e. The van der Waals surface area contributed by atoms with Crippen molar-refractivity contribution < 1.29 is 33.4 Å². The van der Waals surface area contributed by atoms with E-state index in [2.05, 4.69) is 48.5 Å². The number of Topliss-reactive ketones (excluding diaryl/α,β-unsaturated/α-hetero) is 1. The molecule has 0 radical (unpaired) electrons. The maximum absolute atomic E-state index is 14.7. The molecular weight excluding hydrogens is 532 g/mol. The summed E-state index contributed by atoms with van der Waals surface area (Å²) >= 11 is 0. The molecule has 5 fully saturated rings. The molecule has 10 atom stereocenters. The van der Waals surface area contributed by atoms with Crippen molar-refractivity contribution in [3.05, 3.63) is 0 Å². The average molecular weight is 587 g/mol. The minimum atomic E-state index is -0.617. The molecule has 5 aliphatic carbocycles. The van der Waals surface area contributed by atoms with Crippen molar-refractivity contribution in [3.63, 3.8) is 0 Å². The summed E-state index contributed by atoms with van der Waals surface area (Å²) in [7, 11) is 1.49. The summed E-state index contributed by atoms with van der Waals surface area (Å²) in [5.41, 5.74) is -1.95. The van der Waals surface area contributed by atoms with Crippen LogP contribution in [-0.4, -0.2) is 43.0 Å². The second kappa shape index (κ2) is 9.79. The molecule has 0 aromatic carbocycles. The smallest absolute Gasteiger partial charge is 0.312 e. The number of ether oxygens (including phenoxy) is 3. The summed E-state index contributed by atoms with van der Waals surface area (Å²) in [5.74, 6) is -0.728. The molecule has 7 nitrogen and oxygen atoms in total. The van der Waals surface area contributed by atoms with Crippen LogP contribution < -0.4 is 0 Å². The fourth-order valence-electron chi connectivity index (χ4n) is 12.1. The summed E-state index contributed by atoms with van der Waals surface area (Å²) in [6.07, 6.45) is 6.05. The van der Waals surface area contributed by atoms with Crippen molar-refractivity contribution in [1.82, 2.24) is 0 Å². The Hall–Kier alpha value is -1.92. The summed E-state index contributed by atoms with van der Waals surface area (Å²) in [4.78, 5) is 53.0. The Labute approximate surface area is 252 Å². The van der Waals surface area contributed by atoms with Gasteiger partial charge in [-0.1, -0.05) is 48.5 Å². The second-order valence-corrected chi connectivity index (χ2v) is 17.0. The summed E-state index contributed by atoms with van der Waals surface area (Å²) in [5, 5.41) is 0. The van der Waals surface area contributed by atoms with Crippen LogP contribution >= 0.6 is 0 Å². The van der Waals surface area contributed by atoms with Crippen molar-refractivity contribution in [2.75, 3.05) is 7.11 Å². The van der Waals surface area contributed by atoms with Crippen LogP contribution in [0, 0.1) is 56.2 Å².